The summed E-state index contributed by atoms with van der Waals surface area (Å²) in [4.78, 5) is 12.7. The Morgan fingerprint density at radius 1 is 0.966 bits per heavy atom. The maximum Gasteiger partial charge on any atom is 0.416 e. The number of fused-ring (bicyclic) bond motifs is 1. The molecule has 3 aromatic rings. The highest BCUT2D eigenvalue weighted by atomic mass is 28.3. The van der Waals surface area contributed by atoms with E-state index < -0.39 is 25.7 Å². The van der Waals surface area contributed by atoms with Gasteiger partial charge < -0.3 is 5.32 Å². The average molecular weight is 411 g/mol. The monoisotopic (exact) mass is 411 g/mol. The minimum atomic E-state index is -4.46. The molecule has 0 bridgehead atoms. The first-order valence-corrected chi connectivity index (χ1v) is 12.6. The van der Waals surface area contributed by atoms with Crippen molar-refractivity contribution in [3.05, 3.63) is 77.4 Å². The Morgan fingerprint density at radius 3 is 2.38 bits per heavy atom. The summed E-state index contributed by atoms with van der Waals surface area (Å²) in [6.45, 7) is 6.49. The van der Waals surface area contributed by atoms with Gasteiger partial charge in [0.15, 0.2) is 0 Å². The zero-order chi connectivity index (χ0) is 21.2. The van der Waals surface area contributed by atoms with Crippen molar-refractivity contribution < 1.29 is 18.0 Å². The zero-order valence-corrected chi connectivity index (χ0v) is 17.3. The van der Waals surface area contributed by atoms with E-state index in [2.05, 4.69) is 36.4 Å². The van der Waals surface area contributed by atoms with E-state index in [1.807, 2.05) is 24.3 Å². The Kier molecular flexibility index (Phi) is 5.54. The first-order chi connectivity index (χ1) is 13.5. The lowest BCUT2D eigenvalue weighted by molar-refractivity contribution is -0.137. The highest BCUT2D eigenvalue weighted by molar-refractivity contribution is 6.83. The maximum absolute atomic E-state index is 12.9. The molecule has 0 aromatic heterocycles. The summed E-state index contributed by atoms with van der Waals surface area (Å²) in [6.07, 6.45) is -4.46. The predicted molar refractivity (Wildman–Crippen MR) is 114 cm³/mol. The van der Waals surface area contributed by atoms with Gasteiger partial charge in [0.1, 0.15) is 8.07 Å². The van der Waals surface area contributed by atoms with Gasteiger partial charge >= 0.3 is 6.18 Å². The van der Waals surface area contributed by atoms with E-state index in [1.165, 1.54) is 12.1 Å². The predicted octanol–water partition coefficient (Wildman–Crippen LogP) is 6.34. The summed E-state index contributed by atoms with van der Waals surface area (Å²) in [5.41, 5.74) is 3.86. The second-order valence-electron chi connectivity index (χ2n) is 7.77. The maximum atomic E-state index is 12.9. The van der Waals surface area contributed by atoms with Gasteiger partial charge in [0, 0.05) is 16.8 Å². The molecule has 29 heavy (non-hydrogen) atoms. The first kappa shape index (κ1) is 20.7. The van der Waals surface area contributed by atoms with Gasteiger partial charge in [-0.05, 0) is 47.2 Å². The third-order valence-electron chi connectivity index (χ3n) is 4.15. The summed E-state index contributed by atoms with van der Waals surface area (Å²) in [7, 11) is -1.50. The molecular formula is C23H20F3NOSi. The topological polar surface area (TPSA) is 29.1 Å². The van der Waals surface area contributed by atoms with Crippen molar-refractivity contribution in [1.29, 1.82) is 0 Å². The Labute approximate surface area is 168 Å². The molecule has 148 valence electrons. The van der Waals surface area contributed by atoms with E-state index in [0.717, 1.165) is 28.5 Å². The standard InChI is InChI=1S/C23H20F3NOSi/c1-29(2,3)13-12-16-10-11-20-17(14-16)6-4-9-21(20)22(28)27-19-8-5-7-18(15-19)23(24,25)26/h4-11,14-15H,1-3H3,(H,27,28). The van der Waals surface area contributed by atoms with E-state index in [1.54, 1.807) is 12.1 Å². The number of hydrogen-bond donors (Lipinski definition) is 1. The summed E-state index contributed by atoms with van der Waals surface area (Å²) in [6, 6.07) is 15.5. The quantitative estimate of drug-likeness (QED) is 0.387. The molecule has 0 aliphatic rings. The van der Waals surface area contributed by atoms with Crippen LogP contribution in [-0.4, -0.2) is 14.0 Å². The van der Waals surface area contributed by atoms with Crippen molar-refractivity contribution in [2.24, 2.45) is 0 Å². The smallest absolute Gasteiger partial charge is 0.322 e. The van der Waals surface area contributed by atoms with Crippen LogP contribution in [-0.2, 0) is 6.18 Å². The SMILES string of the molecule is C[Si](C)(C)C#Cc1ccc2c(C(=O)Nc3cccc(C(F)(F)F)c3)cccc2c1. The fourth-order valence-electron chi connectivity index (χ4n) is 2.79. The second-order valence-corrected chi connectivity index (χ2v) is 12.5. The van der Waals surface area contributed by atoms with Crippen LogP contribution in [0.25, 0.3) is 10.8 Å². The van der Waals surface area contributed by atoms with Crippen molar-refractivity contribution >= 4 is 30.4 Å². The highest BCUT2D eigenvalue weighted by Gasteiger charge is 2.30. The van der Waals surface area contributed by atoms with E-state index in [0.29, 0.717) is 5.56 Å². The number of nitrogens with one attached hydrogen (secondary N) is 1. The first-order valence-electron chi connectivity index (χ1n) is 9.07. The van der Waals surface area contributed by atoms with Gasteiger partial charge in [0.2, 0.25) is 0 Å². The number of benzene rings is 3. The fraction of sp³-hybridized carbons (Fsp3) is 0.174. The molecule has 0 radical (unpaired) electrons. The number of rotatable bonds is 2. The Morgan fingerprint density at radius 2 is 1.69 bits per heavy atom. The van der Waals surface area contributed by atoms with Crippen molar-refractivity contribution in [2.45, 2.75) is 25.8 Å². The fourth-order valence-corrected chi connectivity index (χ4v) is 3.31. The molecule has 0 spiro atoms. The van der Waals surface area contributed by atoms with Gasteiger partial charge in [-0.1, -0.05) is 49.8 Å². The molecule has 0 atom stereocenters. The minimum Gasteiger partial charge on any atom is -0.322 e. The Hall–Kier alpha value is -3.04. The van der Waals surface area contributed by atoms with Gasteiger partial charge in [-0.25, -0.2) is 0 Å². The van der Waals surface area contributed by atoms with Crippen molar-refractivity contribution in [3.63, 3.8) is 0 Å². The molecule has 3 aromatic carbocycles. The molecule has 2 nitrogen and oxygen atoms in total. The molecule has 0 fully saturated rings. The van der Waals surface area contributed by atoms with Gasteiger partial charge in [-0.15, -0.1) is 5.54 Å². The number of carbonyl (C=O) groups is 1. The lowest BCUT2D eigenvalue weighted by Gasteiger charge is -2.11. The number of anilines is 1. The number of halogens is 3. The van der Waals surface area contributed by atoms with Crippen molar-refractivity contribution in [1.82, 2.24) is 0 Å². The van der Waals surface area contributed by atoms with Crippen LogP contribution in [0.3, 0.4) is 0 Å². The van der Waals surface area contributed by atoms with E-state index >= 15 is 0 Å². The largest absolute Gasteiger partial charge is 0.416 e. The van der Waals surface area contributed by atoms with E-state index in [4.69, 9.17) is 0 Å². The highest BCUT2D eigenvalue weighted by Crippen LogP contribution is 2.31. The third kappa shape index (κ3) is 5.27. The Balaban J connectivity index is 1.91. The van der Waals surface area contributed by atoms with Crippen molar-refractivity contribution in [2.75, 3.05) is 5.32 Å². The lowest BCUT2D eigenvalue weighted by Crippen LogP contribution is -2.16. The van der Waals surface area contributed by atoms with E-state index in [9.17, 15) is 18.0 Å². The molecule has 0 saturated carbocycles. The van der Waals surface area contributed by atoms with Crippen LogP contribution in [0.5, 0.6) is 0 Å². The molecule has 0 aliphatic heterocycles. The number of amides is 1. The molecular weight excluding hydrogens is 391 g/mol. The van der Waals surface area contributed by atoms with Crippen LogP contribution in [0.4, 0.5) is 18.9 Å². The molecule has 0 unspecified atom stereocenters. The van der Waals surface area contributed by atoms with Crippen LogP contribution >= 0.6 is 0 Å². The van der Waals surface area contributed by atoms with Crippen LogP contribution in [0.15, 0.2) is 60.7 Å². The van der Waals surface area contributed by atoms with Crippen LogP contribution in [0.1, 0.15) is 21.5 Å². The number of alkyl halides is 3. The minimum absolute atomic E-state index is 0.0967. The lowest BCUT2D eigenvalue weighted by atomic mass is 10.0. The summed E-state index contributed by atoms with van der Waals surface area (Å²) >= 11 is 0. The molecule has 3 rings (SSSR count). The van der Waals surface area contributed by atoms with Crippen LogP contribution in [0.2, 0.25) is 19.6 Å². The molecule has 0 aliphatic carbocycles. The number of carbonyl (C=O) groups excluding carboxylic acids is 1. The number of hydrogen-bond acceptors (Lipinski definition) is 1. The molecule has 1 amide bonds. The summed E-state index contributed by atoms with van der Waals surface area (Å²) < 4.78 is 38.7. The molecule has 0 saturated heterocycles. The van der Waals surface area contributed by atoms with Gasteiger partial charge in [0.25, 0.3) is 5.91 Å². The summed E-state index contributed by atoms with van der Waals surface area (Å²) in [5, 5.41) is 4.13. The molecule has 6 heteroatoms. The molecule has 0 heterocycles. The van der Waals surface area contributed by atoms with Crippen LogP contribution < -0.4 is 5.32 Å². The van der Waals surface area contributed by atoms with Crippen molar-refractivity contribution in [3.8, 4) is 11.5 Å². The normalized spacial score (nSPS) is 11.7. The molecule has 1 N–H and O–H groups in total. The van der Waals surface area contributed by atoms with Crippen LogP contribution in [0, 0.1) is 11.5 Å². The average Bonchev–Trinajstić information content (AvgIpc) is 2.64. The van der Waals surface area contributed by atoms with Gasteiger partial charge in [-0.3, -0.25) is 4.79 Å². The zero-order valence-electron chi connectivity index (χ0n) is 16.3. The van der Waals surface area contributed by atoms with E-state index in [-0.39, 0.29) is 5.69 Å². The Bertz CT molecular complexity index is 1130. The van der Waals surface area contributed by atoms with Gasteiger partial charge in [-0.2, -0.15) is 13.2 Å². The third-order valence-corrected chi connectivity index (χ3v) is 5.03. The second kappa shape index (κ2) is 7.76. The van der Waals surface area contributed by atoms with Gasteiger partial charge in [0.05, 0.1) is 5.56 Å². The summed E-state index contributed by atoms with van der Waals surface area (Å²) in [5.74, 6) is 2.73.